The molecule has 0 radical (unpaired) electrons. The smallest absolute Gasteiger partial charge is 0.0200 e. The van der Waals surface area contributed by atoms with Crippen molar-refractivity contribution in [1.82, 2.24) is 0 Å². The maximum absolute atomic E-state index is 4.66. The molecule has 2 aliphatic rings. The highest BCUT2D eigenvalue weighted by molar-refractivity contribution is 5.13. The Morgan fingerprint density at radius 1 is 1.06 bits per heavy atom. The average molecular weight is 443 g/mol. The second-order valence-electron chi connectivity index (χ2n) is 12.9. The Morgan fingerprint density at radius 2 is 1.75 bits per heavy atom. The highest BCUT2D eigenvalue weighted by Crippen LogP contribution is 2.47. The van der Waals surface area contributed by atoms with Gasteiger partial charge in [0.1, 0.15) is 0 Å². The molecule has 0 nitrogen and oxygen atoms in total. The van der Waals surface area contributed by atoms with Crippen LogP contribution in [0.15, 0.2) is 23.8 Å². The molecule has 0 amide bonds. The average Bonchev–Trinajstić information content (AvgIpc) is 2.84. The van der Waals surface area contributed by atoms with Crippen LogP contribution in [-0.2, 0) is 0 Å². The van der Waals surface area contributed by atoms with E-state index < -0.39 is 0 Å². The molecule has 186 valence electrons. The van der Waals surface area contributed by atoms with Crippen molar-refractivity contribution >= 4 is 0 Å². The lowest BCUT2D eigenvalue weighted by molar-refractivity contribution is 0.132. The third-order valence-electron chi connectivity index (χ3n) is 10.1. The van der Waals surface area contributed by atoms with Crippen LogP contribution in [0.1, 0.15) is 132 Å². The van der Waals surface area contributed by atoms with E-state index in [1.165, 1.54) is 77.0 Å². The molecule has 0 heterocycles. The van der Waals surface area contributed by atoms with Crippen molar-refractivity contribution in [3.8, 4) is 0 Å². The molecule has 0 spiro atoms. The van der Waals surface area contributed by atoms with Gasteiger partial charge >= 0.3 is 0 Å². The summed E-state index contributed by atoms with van der Waals surface area (Å²) < 4.78 is 0. The predicted molar refractivity (Wildman–Crippen MR) is 145 cm³/mol. The summed E-state index contributed by atoms with van der Waals surface area (Å²) in [5.74, 6) is 5.76. The third kappa shape index (κ3) is 7.77. The summed E-state index contributed by atoms with van der Waals surface area (Å²) in [5.41, 5.74) is 3.85. The topological polar surface area (TPSA) is 0 Å². The van der Waals surface area contributed by atoms with Gasteiger partial charge < -0.3 is 0 Å². The zero-order valence-corrected chi connectivity index (χ0v) is 23.3. The van der Waals surface area contributed by atoms with E-state index in [4.69, 9.17) is 0 Å². The molecule has 1 fully saturated rings. The van der Waals surface area contributed by atoms with Gasteiger partial charge in [0.2, 0.25) is 0 Å². The standard InChI is InChI=1S/C32H58/c1-10-23(4)19-26(7)29-17-14-24(5)13-15-25(6)30(22-29)21-27-16-18-31(28(11-2)20-27)32(8,9)12-3/h20,23-25,28-31H,7,10-19,21-22H2,1-6,8-9H3. The molecule has 0 aromatic rings. The Morgan fingerprint density at radius 3 is 2.38 bits per heavy atom. The quantitative estimate of drug-likeness (QED) is 0.311. The number of allylic oxidation sites excluding steroid dienone is 3. The molecular formula is C32H58. The molecule has 2 aliphatic carbocycles. The van der Waals surface area contributed by atoms with Gasteiger partial charge in [-0.05, 0) is 91.8 Å². The van der Waals surface area contributed by atoms with E-state index in [-0.39, 0.29) is 0 Å². The van der Waals surface area contributed by atoms with Gasteiger partial charge in [0.05, 0.1) is 0 Å². The van der Waals surface area contributed by atoms with Crippen LogP contribution in [0.4, 0.5) is 0 Å². The molecule has 7 unspecified atom stereocenters. The van der Waals surface area contributed by atoms with Crippen LogP contribution in [0.5, 0.6) is 0 Å². The van der Waals surface area contributed by atoms with Crippen molar-refractivity contribution in [2.24, 2.45) is 46.8 Å². The molecule has 7 atom stereocenters. The van der Waals surface area contributed by atoms with Crippen LogP contribution in [0.2, 0.25) is 0 Å². The molecule has 0 aliphatic heterocycles. The fourth-order valence-corrected chi connectivity index (χ4v) is 6.74. The lowest BCUT2D eigenvalue weighted by Crippen LogP contribution is -2.32. The van der Waals surface area contributed by atoms with Crippen LogP contribution in [0, 0.1) is 46.8 Å². The Kier molecular flexibility index (Phi) is 11.1. The molecule has 0 aromatic carbocycles. The van der Waals surface area contributed by atoms with E-state index in [0.29, 0.717) is 5.41 Å². The van der Waals surface area contributed by atoms with E-state index in [2.05, 4.69) is 68.0 Å². The first-order valence-corrected chi connectivity index (χ1v) is 14.5. The van der Waals surface area contributed by atoms with Crippen LogP contribution in [0.25, 0.3) is 0 Å². The molecule has 0 N–H and O–H groups in total. The summed E-state index contributed by atoms with van der Waals surface area (Å²) >= 11 is 0. The normalized spacial score (nSPS) is 33.6. The zero-order chi connectivity index (χ0) is 23.9. The molecular weight excluding hydrogens is 384 g/mol. The van der Waals surface area contributed by atoms with Crippen molar-refractivity contribution in [3.05, 3.63) is 23.8 Å². The summed E-state index contributed by atoms with van der Waals surface area (Å²) in [6.07, 6.45) is 19.0. The highest BCUT2D eigenvalue weighted by Gasteiger charge is 2.36. The maximum Gasteiger partial charge on any atom is -0.0200 e. The molecule has 1 saturated carbocycles. The van der Waals surface area contributed by atoms with Gasteiger partial charge in [0.25, 0.3) is 0 Å². The first-order chi connectivity index (χ1) is 15.1. The lowest BCUT2D eigenvalue weighted by Gasteiger charge is -2.42. The Balaban J connectivity index is 2.17. The highest BCUT2D eigenvalue weighted by atomic mass is 14.4. The van der Waals surface area contributed by atoms with Gasteiger partial charge in [0, 0.05) is 0 Å². The molecule has 0 aromatic heterocycles. The maximum atomic E-state index is 4.66. The minimum absolute atomic E-state index is 0.475. The fraction of sp³-hybridized carbons (Fsp3) is 0.875. The summed E-state index contributed by atoms with van der Waals surface area (Å²) in [4.78, 5) is 0. The molecule has 2 rings (SSSR count). The minimum atomic E-state index is 0.475. The van der Waals surface area contributed by atoms with E-state index in [9.17, 15) is 0 Å². The van der Waals surface area contributed by atoms with E-state index in [0.717, 1.165) is 41.4 Å². The molecule has 32 heavy (non-hydrogen) atoms. The summed E-state index contributed by atoms with van der Waals surface area (Å²) in [5, 5.41) is 0. The van der Waals surface area contributed by atoms with Gasteiger partial charge in [-0.15, -0.1) is 0 Å². The minimum Gasteiger partial charge on any atom is -0.0996 e. The van der Waals surface area contributed by atoms with Crippen molar-refractivity contribution in [3.63, 3.8) is 0 Å². The fourth-order valence-electron chi connectivity index (χ4n) is 6.74. The van der Waals surface area contributed by atoms with Crippen molar-refractivity contribution < 1.29 is 0 Å². The van der Waals surface area contributed by atoms with Crippen molar-refractivity contribution in [2.45, 2.75) is 132 Å². The Hall–Kier alpha value is -0.520. The van der Waals surface area contributed by atoms with Gasteiger partial charge in [-0.2, -0.15) is 0 Å². The van der Waals surface area contributed by atoms with Crippen LogP contribution in [0.3, 0.4) is 0 Å². The van der Waals surface area contributed by atoms with Crippen LogP contribution < -0.4 is 0 Å². The molecule has 0 saturated heterocycles. The monoisotopic (exact) mass is 442 g/mol. The molecule has 0 bridgehead atoms. The van der Waals surface area contributed by atoms with Crippen molar-refractivity contribution in [1.29, 1.82) is 0 Å². The van der Waals surface area contributed by atoms with E-state index >= 15 is 0 Å². The number of hydrogen-bond acceptors (Lipinski definition) is 0. The van der Waals surface area contributed by atoms with Gasteiger partial charge in [-0.3, -0.25) is 0 Å². The third-order valence-corrected chi connectivity index (χ3v) is 10.1. The summed E-state index contributed by atoms with van der Waals surface area (Å²) in [6.45, 7) is 24.3. The van der Waals surface area contributed by atoms with Gasteiger partial charge in [0.15, 0.2) is 0 Å². The summed E-state index contributed by atoms with van der Waals surface area (Å²) in [6, 6.07) is 0. The first-order valence-electron chi connectivity index (χ1n) is 14.5. The predicted octanol–water partition coefficient (Wildman–Crippen LogP) is 10.6. The second kappa shape index (κ2) is 12.8. The van der Waals surface area contributed by atoms with E-state index in [1.54, 1.807) is 11.1 Å². The Labute approximate surface area is 203 Å². The SMILES string of the molecule is C=C(CC(C)CC)C1CCC(C)CCC(C)C(CC2=CC(CC)C(C(C)(C)CC)CC2)C1. The second-order valence-corrected chi connectivity index (χ2v) is 12.9. The largest absolute Gasteiger partial charge is 0.0996 e. The number of rotatable bonds is 9. The van der Waals surface area contributed by atoms with Gasteiger partial charge in [-0.1, -0.05) is 111 Å². The van der Waals surface area contributed by atoms with Crippen LogP contribution in [-0.4, -0.2) is 0 Å². The lowest BCUT2D eigenvalue weighted by atomic mass is 9.64. The molecule has 0 heteroatoms. The number of hydrogen-bond donors (Lipinski definition) is 0. The Bertz CT molecular complexity index is 593. The first kappa shape index (κ1) is 27.7. The van der Waals surface area contributed by atoms with Gasteiger partial charge in [-0.25, -0.2) is 0 Å². The van der Waals surface area contributed by atoms with Crippen LogP contribution >= 0.6 is 0 Å². The summed E-state index contributed by atoms with van der Waals surface area (Å²) in [7, 11) is 0. The van der Waals surface area contributed by atoms with Crippen molar-refractivity contribution in [2.75, 3.05) is 0 Å². The van der Waals surface area contributed by atoms with E-state index in [1.807, 2.05) is 0 Å². The zero-order valence-electron chi connectivity index (χ0n) is 23.3.